The number of hydrogen-bond donors (Lipinski definition) is 2. The average molecular weight is 281 g/mol. The third kappa shape index (κ3) is 3.33. The second-order valence-corrected chi connectivity index (χ2v) is 7.27. The topological polar surface area (TPSA) is 87.2 Å². The Bertz CT molecular complexity index is 583. The molecule has 0 amide bonds. The van der Waals surface area contributed by atoms with Crippen molar-refractivity contribution in [2.24, 2.45) is 5.73 Å². The molecule has 3 N–H and O–H groups in total. The lowest BCUT2D eigenvalue weighted by atomic mass is 10.1. The van der Waals surface area contributed by atoms with Gasteiger partial charge in [0.05, 0.1) is 11.5 Å². The lowest BCUT2D eigenvalue weighted by molar-refractivity contribution is 0.254. The fourth-order valence-electron chi connectivity index (χ4n) is 2.44. The van der Waals surface area contributed by atoms with Crippen molar-refractivity contribution < 1.29 is 8.42 Å². The van der Waals surface area contributed by atoms with Crippen LogP contribution in [-0.2, 0) is 16.4 Å². The zero-order valence-electron chi connectivity index (χ0n) is 11.0. The fourth-order valence-corrected chi connectivity index (χ4v) is 4.25. The highest BCUT2D eigenvalue weighted by Crippen LogP contribution is 2.19. The minimum absolute atomic E-state index is 0.0445. The van der Waals surface area contributed by atoms with Crippen molar-refractivity contribution in [2.45, 2.75) is 19.0 Å². The monoisotopic (exact) mass is 281 g/mol. The van der Waals surface area contributed by atoms with Crippen LogP contribution >= 0.6 is 0 Å². The van der Waals surface area contributed by atoms with Gasteiger partial charge >= 0.3 is 0 Å². The lowest BCUT2D eigenvalue weighted by Gasteiger charge is -2.24. The summed E-state index contributed by atoms with van der Waals surface area (Å²) in [5, 5.41) is 7.56. The summed E-state index contributed by atoms with van der Waals surface area (Å²) in [6.45, 7) is 0.607. The van der Waals surface area contributed by atoms with Crippen molar-refractivity contribution in [3.8, 4) is 0 Å². The number of amidine groups is 1. The van der Waals surface area contributed by atoms with E-state index in [4.69, 9.17) is 11.1 Å². The van der Waals surface area contributed by atoms with Gasteiger partial charge < -0.3 is 5.73 Å². The van der Waals surface area contributed by atoms with Gasteiger partial charge in [0.25, 0.3) is 0 Å². The molecule has 1 aliphatic rings. The minimum Gasteiger partial charge on any atom is -0.384 e. The molecule has 19 heavy (non-hydrogen) atoms. The molecule has 1 saturated heterocycles. The predicted octanol–water partition coefficient (Wildman–Crippen LogP) is 0.590. The van der Waals surface area contributed by atoms with Crippen LogP contribution in [0.5, 0.6) is 0 Å². The smallest absolute Gasteiger partial charge is 0.151 e. The highest BCUT2D eigenvalue weighted by molar-refractivity contribution is 7.91. The van der Waals surface area contributed by atoms with Crippen LogP contribution in [-0.4, -0.2) is 43.7 Å². The van der Waals surface area contributed by atoms with Crippen molar-refractivity contribution in [3.63, 3.8) is 0 Å². The molecular formula is C13H19N3O2S. The summed E-state index contributed by atoms with van der Waals surface area (Å²) in [4.78, 5) is 2.03. The van der Waals surface area contributed by atoms with Crippen LogP contribution in [0.1, 0.15) is 17.5 Å². The molecular weight excluding hydrogens is 262 g/mol. The van der Waals surface area contributed by atoms with E-state index in [-0.39, 0.29) is 23.4 Å². The van der Waals surface area contributed by atoms with Gasteiger partial charge in [0.2, 0.25) is 0 Å². The Labute approximate surface area is 113 Å². The van der Waals surface area contributed by atoms with Crippen LogP contribution in [0.15, 0.2) is 24.3 Å². The van der Waals surface area contributed by atoms with Crippen LogP contribution in [0.3, 0.4) is 0 Å². The molecule has 0 aliphatic carbocycles. The number of sulfone groups is 1. The van der Waals surface area contributed by atoms with E-state index in [2.05, 4.69) is 0 Å². The molecule has 2 rings (SSSR count). The summed E-state index contributed by atoms with van der Waals surface area (Å²) in [5.41, 5.74) is 7.23. The molecule has 5 nitrogen and oxygen atoms in total. The molecule has 1 unspecified atom stereocenters. The van der Waals surface area contributed by atoms with E-state index in [0.29, 0.717) is 13.0 Å². The van der Waals surface area contributed by atoms with Crippen molar-refractivity contribution >= 4 is 15.7 Å². The third-order valence-electron chi connectivity index (χ3n) is 3.56. The fraction of sp³-hybridized carbons (Fsp3) is 0.462. The number of benzene rings is 1. The van der Waals surface area contributed by atoms with Crippen molar-refractivity contribution in [3.05, 3.63) is 35.4 Å². The highest BCUT2D eigenvalue weighted by atomic mass is 32.2. The SMILES string of the molecule is CN(Cc1ccccc1C(=N)N)C1CCS(=O)(=O)C1. The standard InChI is InChI=1S/C13H19N3O2S/c1-16(11-6-7-19(17,18)9-11)8-10-4-2-3-5-12(10)13(14)15/h2-5,11H,6-9H2,1H3,(H3,14,15). The van der Waals surface area contributed by atoms with Gasteiger partial charge in [-0.3, -0.25) is 10.3 Å². The van der Waals surface area contributed by atoms with Gasteiger partial charge in [-0.25, -0.2) is 8.42 Å². The number of nitrogen functional groups attached to an aromatic ring is 1. The molecule has 1 aromatic rings. The first kappa shape index (κ1) is 14.0. The Hall–Kier alpha value is -1.40. The van der Waals surface area contributed by atoms with Crippen molar-refractivity contribution in [1.82, 2.24) is 4.90 Å². The molecule has 1 fully saturated rings. The molecule has 0 radical (unpaired) electrons. The molecule has 1 heterocycles. The van der Waals surface area contributed by atoms with Crippen molar-refractivity contribution in [1.29, 1.82) is 5.41 Å². The van der Waals surface area contributed by atoms with Gasteiger partial charge in [-0.2, -0.15) is 0 Å². The van der Waals surface area contributed by atoms with Crippen LogP contribution in [0.25, 0.3) is 0 Å². The van der Waals surface area contributed by atoms with Gasteiger partial charge in [0.1, 0.15) is 5.84 Å². The van der Waals surface area contributed by atoms with Gasteiger partial charge in [-0.05, 0) is 19.0 Å². The molecule has 0 saturated carbocycles. The van der Waals surface area contributed by atoms with E-state index in [1.165, 1.54) is 0 Å². The molecule has 0 aromatic heterocycles. The van der Waals surface area contributed by atoms with E-state index in [0.717, 1.165) is 11.1 Å². The maximum Gasteiger partial charge on any atom is 0.151 e. The zero-order valence-corrected chi connectivity index (χ0v) is 11.8. The Morgan fingerprint density at radius 2 is 2.16 bits per heavy atom. The zero-order chi connectivity index (χ0) is 14.0. The van der Waals surface area contributed by atoms with E-state index < -0.39 is 9.84 Å². The summed E-state index contributed by atoms with van der Waals surface area (Å²) >= 11 is 0. The maximum atomic E-state index is 11.5. The number of nitrogens with two attached hydrogens (primary N) is 1. The summed E-state index contributed by atoms with van der Waals surface area (Å²) < 4.78 is 23.0. The largest absolute Gasteiger partial charge is 0.384 e. The van der Waals surface area contributed by atoms with Crippen LogP contribution < -0.4 is 5.73 Å². The van der Waals surface area contributed by atoms with E-state index in [1.54, 1.807) is 0 Å². The van der Waals surface area contributed by atoms with Crippen LogP contribution in [0.2, 0.25) is 0 Å². The molecule has 0 spiro atoms. The quantitative estimate of drug-likeness (QED) is 0.624. The summed E-state index contributed by atoms with van der Waals surface area (Å²) in [6, 6.07) is 7.56. The number of nitrogens with zero attached hydrogens (tertiary/aromatic N) is 1. The predicted molar refractivity (Wildman–Crippen MR) is 76.0 cm³/mol. The van der Waals surface area contributed by atoms with Crippen LogP contribution in [0.4, 0.5) is 0 Å². The Morgan fingerprint density at radius 1 is 1.47 bits per heavy atom. The highest BCUT2D eigenvalue weighted by Gasteiger charge is 2.30. The Morgan fingerprint density at radius 3 is 2.74 bits per heavy atom. The van der Waals surface area contributed by atoms with Gasteiger partial charge in [-0.15, -0.1) is 0 Å². The summed E-state index contributed by atoms with van der Waals surface area (Å²) in [6.07, 6.45) is 0.682. The first-order chi connectivity index (χ1) is 8.89. The molecule has 1 aromatic carbocycles. The second-order valence-electron chi connectivity index (χ2n) is 5.04. The number of hydrogen-bond acceptors (Lipinski definition) is 4. The molecule has 1 aliphatic heterocycles. The molecule has 104 valence electrons. The minimum atomic E-state index is -2.87. The van der Waals surface area contributed by atoms with E-state index in [9.17, 15) is 8.42 Å². The summed E-state index contributed by atoms with van der Waals surface area (Å²) in [5.74, 6) is 0.547. The average Bonchev–Trinajstić information content (AvgIpc) is 2.70. The van der Waals surface area contributed by atoms with E-state index in [1.807, 2.05) is 36.2 Å². The summed E-state index contributed by atoms with van der Waals surface area (Å²) in [7, 11) is -0.949. The Balaban J connectivity index is 2.12. The normalized spacial score (nSPS) is 21.7. The number of rotatable bonds is 4. The molecule has 1 atom stereocenters. The second kappa shape index (κ2) is 5.30. The Kier molecular flexibility index (Phi) is 3.91. The lowest BCUT2D eigenvalue weighted by Crippen LogP contribution is -2.32. The van der Waals surface area contributed by atoms with Crippen molar-refractivity contribution in [2.75, 3.05) is 18.6 Å². The molecule has 0 bridgehead atoms. The maximum absolute atomic E-state index is 11.5. The van der Waals surface area contributed by atoms with Gasteiger partial charge in [0, 0.05) is 18.2 Å². The van der Waals surface area contributed by atoms with Gasteiger partial charge in [0.15, 0.2) is 9.84 Å². The number of nitrogens with one attached hydrogen (secondary N) is 1. The van der Waals surface area contributed by atoms with E-state index >= 15 is 0 Å². The first-order valence-electron chi connectivity index (χ1n) is 6.22. The molecule has 6 heteroatoms. The third-order valence-corrected chi connectivity index (χ3v) is 5.31. The van der Waals surface area contributed by atoms with Gasteiger partial charge in [-0.1, -0.05) is 24.3 Å². The first-order valence-corrected chi connectivity index (χ1v) is 8.04. The van der Waals surface area contributed by atoms with Crippen LogP contribution in [0, 0.1) is 5.41 Å².